The number of hydrogen-bond acceptors (Lipinski definition) is 5. The second-order valence-electron chi connectivity index (χ2n) is 5.61. The van der Waals surface area contributed by atoms with Gasteiger partial charge in [0.05, 0.1) is 22.0 Å². The molecular formula is C16H12Cl2N2O5S. The number of fused-ring (bicyclic) bond motifs is 1. The van der Waals surface area contributed by atoms with Crippen molar-refractivity contribution in [1.29, 1.82) is 0 Å². The van der Waals surface area contributed by atoms with Gasteiger partial charge in [-0.1, -0.05) is 41.4 Å². The number of hydrogen-bond donors (Lipinski definition) is 3. The molecule has 1 aliphatic heterocycles. The molecule has 3 N–H and O–H groups in total. The van der Waals surface area contributed by atoms with Gasteiger partial charge >= 0.3 is 0 Å². The Hall–Kier alpha value is -2.13. The summed E-state index contributed by atoms with van der Waals surface area (Å²) in [6, 6.07) is 10.0. The summed E-state index contributed by atoms with van der Waals surface area (Å²) < 4.78 is 26.2. The van der Waals surface area contributed by atoms with Gasteiger partial charge in [-0.05, 0) is 24.3 Å². The van der Waals surface area contributed by atoms with E-state index in [0.29, 0.717) is 0 Å². The molecule has 26 heavy (non-hydrogen) atoms. The molecule has 1 atom stereocenters. The first-order valence-electron chi connectivity index (χ1n) is 7.28. The molecule has 3 rings (SSSR count). The number of rotatable bonds is 4. The van der Waals surface area contributed by atoms with Gasteiger partial charge in [-0.3, -0.25) is 9.59 Å². The van der Waals surface area contributed by atoms with Crippen molar-refractivity contribution in [3.8, 4) is 0 Å². The third kappa shape index (κ3) is 3.16. The van der Waals surface area contributed by atoms with E-state index < -0.39 is 33.9 Å². The maximum Gasteiger partial charge on any atom is 0.264 e. The van der Waals surface area contributed by atoms with Crippen LogP contribution in [0.3, 0.4) is 0 Å². The van der Waals surface area contributed by atoms with Crippen LogP contribution < -0.4 is 10.0 Å². The Labute approximate surface area is 159 Å². The number of halogens is 2. The van der Waals surface area contributed by atoms with Crippen LogP contribution in [0.4, 0.5) is 5.69 Å². The molecule has 0 aliphatic carbocycles. The molecule has 1 heterocycles. The van der Waals surface area contributed by atoms with Gasteiger partial charge in [-0.2, -0.15) is 0 Å². The van der Waals surface area contributed by atoms with Crippen molar-refractivity contribution in [2.45, 2.75) is 16.9 Å². The molecule has 0 fully saturated rings. The monoisotopic (exact) mass is 414 g/mol. The van der Waals surface area contributed by atoms with Crippen LogP contribution in [0.1, 0.15) is 12.0 Å². The van der Waals surface area contributed by atoms with E-state index in [1.807, 2.05) is 4.72 Å². The summed E-state index contributed by atoms with van der Waals surface area (Å²) in [6.07, 6.45) is -0.849. The fourth-order valence-corrected chi connectivity index (χ4v) is 4.18. The summed E-state index contributed by atoms with van der Waals surface area (Å²) in [5.41, 5.74) is -2.32. The molecule has 0 saturated carbocycles. The summed E-state index contributed by atoms with van der Waals surface area (Å²) in [5.74, 6) is -2.00. The molecule has 2 aromatic rings. The Balaban J connectivity index is 1.89. The molecule has 0 bridgehead atoms. The number of nitrogens with one attached hydrogen (secondary N) is 2. The Bertz CT molecular complexity index is 1010. The zero-order chi connectivity index (χ0) is 19.1. The molecule has 7 nitrogen and oxygen atoms in total. The van der Waals surface area contributed by atoms with Gasteiger partial charge < -0.3 is 10.4 Å². The number of aliphatic hydroxyl groups is 1. The molecule has 0 aromatic heterocycles. The van der Waals surface area contributed by atoms with Crippen LogP contribution in [0, 0.1) is 0 Å². The first-order valence-corrected chi connectivity index (χ1v) is 9.52. The number of benzene rings is 2. The van der Waals surface area contributed by atoms with Crippen molar-refractivity contribution in [2.24, 2.45) is 0 Å². The minimum absolute atomic E-state index is 0.0176. The van der Waals surface area contributed by atoms with E-state index >= 15 is 0 Å². The van der Waals surface area contributed by atoms with Crippen LogP contribution in [0.5, 0.6) is 0 Å². The zero-order valence-electron chi connectivity index (χ0n) is 13.0. The lowest BCUT2D eigenvalue weighted by Crippen LogP contribution is -2.41. The Morgan fingerprint density at radius 2 is 1.73 bits per heavy atom. The van der Waals surface area contributed by atoms with Crippen LogP contribution >= 0.6 is 23.2 Å². The molecule has 0 saturated heterocycles. The fourth-order valence-electron chi connectivity index (χ4n) is 2.65. The fraction of sp³-hybridized carbons (Fsp3) is 0.125. The maximum atomic E-state index is 12.2. The molecular weight excluding hydrogens is 403 g/mol. The van der Waals surface area contributed by atoms with Crippen LogP contribution in [0.25, 0.3) is 0 Å². The molecule has 0 radical (unpaired) electrons. The van der Waals surface area contributed by atoms with Crippen molar-refractivity contribution >= 4 is 50.7 Å². The molecule has 1 aliphatic rings. The molecule has 2 aromatic carbocycles. The van der Waals surface area contributed by atoms with Crippen molar-refractivity contribution in [3.63, 3.8) is 0 Å². The number of sulfonamides is 1. The van der Waals surface area contributed by atoms with E-state index in [0.717, 1.165) is 0 Å². The highest BCUT2D eigenvalue weighted by Gasteiger charge is 2.49. The largest absolute Gasteiger partial charge is 0.375 e. The van der Waals surface area contributed by atoms with Crippen LogP contribution in [-0.2, 0) is 25.2 Å². The van der Waals surface area contributed by atoms with Gasteiger partial charge in [0.2, 0.25) is 5.91 Å². The minimum Gasteiger partial charge on any atom is -0.375 e. The zero-order valence-corrected chi connectivity index (χ0v) is 15.3. The van der Waals surface area contributed by atoms with Gasteiger partial charge in [0.25, 0.3) is 15.9 Å². The number of anilines is 1. The Morgan fingerprint density at radius 1 is 1.12 bits per heavy atom. The smallest absolute Gasteiger partial charge is 0.264 e. The number of carbonyl (C=O) groups excluding carboxylic acids is 2. The third-order valence-corrected chi connectivity index (χ3v) is 5.87. The average molecular weight is 415 g/mol. The van der Waals surface area contributed by atoms with E-state index in [1.165, 1.54) is 36.4 Å². The molecule has 136 valence electrons. The second-order valence-corrected chi connectivity index (χ2v) is 8.11. The molecule has 0 spiro atoms. The van der Waals surface area contributed by atoms with Crippen LogP contribution in [-0.4, -0.2) is 25.3 Å². The van der Waals surface area contributed by atoms with E-state index in [9.17, 15) is 23.1 Å². The van der Waals surface area contributed by atoms with Gasteiger partial charge in [-0.15, -0.1) is 0 Å². The molecule has 1 unspecified atom stereocenters. The van der Waals surface area contributed by atoms with Crippen molar-refractivity contribution < 1.29 is 23.1 Å². The summed E-state index contributed by atoms with van der Waals surface area (Å²) in [5, 5.41) is 13.3. The number of amides is 2. The molecule has 10 heteroatoms. The van der Waals surface area contributed by atoms with Gasteiger partial charge in [-0.25, -0.2) is 13.1 Å². The first-order chi connectivity index (χ1) is 12.1. The Kier molecular flexibility index (Phi) is 4.70. The lowest BCUT2D eigenvalue weighted by molar-refractivity contribution is -0.140. The van der Waals surface area contributed by atoms with E-state index in [-0.39, 0.29) is 26.2 Å². The van der Waals surface area contributed by atoms with Crippen molar-refractivity contribution in [2.75, 3.05) is 5.32 Å². The standard InChI is InChI=1S/C16H12Cl2N2O5S/c17-10-6-7-11(18)14-13(10)16(23,15(22)19-14)8-12(21)20-26(24,25)9-4-2-1-3-5-9/h1-7,23H,8H2,(H,19,22)(H,20,21). The summed E-state index contributed by atoms with van der Waals surface area (Å²) in [4.78, 5) is 24.3. The van der Waals surface area contributed by atoms with E-state index in [4.69, 9.17) is 23.2 Å². The highest BCUT2D eigenvalue weighted by molar-refractivity contribution is 7.90. The normalized spacial score (nSPS) is 19.0. The lowest BCUT2D eigenvalue weighted by atomic mass is 9.91. The third-order valence-electron chi connectivity index (χ3n) is 3.85. The average Bonchev–Trinajstić information content (AvgIpc) is 2.83. The van der Waals surface area contributed by atoms with Gasteiger partial charge in [0, 0.05) is 10.6 Å². The van der Waals surface area contributed by atoms with Gasteiger partial charge in [0.1, 0.15) is 0 Å². The van der Waals surface area contributed by atoms with E-state index in [1.54, 1.807) is 6.07 Å². The maximum absolute atomic E-state index is 12.2. The Morgan fingerprint density at radius 3 is 2.38 bits per heavy atom. The highest BCUT2D eigenvalue weighted by Crippen LogP contribution is 2.46. The van der Waals surface area contributed by atoms with Crippen molar-refractivity contribution in [3.05, 3.63) is 58.1 Å². The van der Waals surface area contributed by atoms with Crippen LogP contribution in [0.2, 0.25) is 10.0 Å². The summed E-state index contributed by atoms with van der Waals surface area (Å²) >= 11 is 12.0. The number of carbonyl (C=O) groups is 2. The van der Waals surface area contributed by atoms with E-state index in [2.05, 4.69) is 5.32 Å². The quantitative estimate of drug-likeness (QED) is 0.708. The lowest BCUT2D eigenvalue weighted by Gasteiger charge is -2.21. The minimum atomic E-state index is -4.14. The van der Waals surface area contributed by atoms with Gasteiger partial charge in [0.15, 0.2) is 5.60 Å². The highest BCUT2D eigenvalue weighted by atomic mass is 35.5. The predicted molar refractivity (Wildman–Crippen MR) is 95.4 cm³/mol. The SMILES string of the molecule is O=C(CC1(O)C(=O)Nc2c(Cl)ccc(Cl)c21)NS(=O)(=O)c1ccccc1. The topological polar surface area (TPSA) is 113 Å². The predicted octanol–water partition coefficient (Wildman–Crippen LogP) is 2.03. The summed E-state index contributed by atoms with van der Waals surface area (Å²) in [7, 11) is -4.14. The summed E-state index contributed by atoms with van der Waals surface area (Å²) in [6.45, 7) is 0. The second kappa shape index (κ2) is 6.55. The van der Waals surface area contributed by atoms with Crippen molar-refractivity contribution in [1.82, 2.24) is 4.72 Å². The van der Waals surface area contributed by atoms with Crippen LogP contribution in [0.15, 0.2) is 47.4 Å². The molecule has 2 amide bonds. The first kappa shape index (κ1) is 18.7.